The highest BCUT2D eigenvalue weighted by atomic mass is 32.2. The lowest BCUT2D eigenvalue weighted by Crippen LogP contribution is -2.53. The molecule has 0 aromatic heterocycles. The Kier molecular flexibility index (Phi) is 9.42. The van der Waals surface area contributed by atoms with Gasteiger partial charge in [0.1, 0.15) is 12.6 Å². The molecule has 10 heteroatoms. The van der Waals surface area contributed by atoms with Crippen molar-refractivity contribution in [3.63, 3.8) is 0 Å². The number of ether oxygens (including phenoxy) is 2. The van der Waals surface area contributed by atoms with Gasteiger partial charge in [0.2, 0.25) is 28.6 Å². The van der Waals surface area contributed by atoms with E-state index in [0.29, 0.717) is 23.6 Å². The second-order valence-corrected chi connectivity index (χ2v) is 11.4. The Morgan fingerprint density at radius 3 is 2.41 bits per heavy atom. The smallest absolute Gasteiger partial charge is 0.244 e. The van der Waals surface area contributed by atoms with E-state index in [1.54, 1.807) is 18.2 Å². The molecule has 0 unspecified atom stereocenters. The number of fused-ring (bicyclic) bond motifs is 1. The van der Waals surface area contributed by atoms with Gasteiger partial charge in [-0.2, -0.15) is 0 Å². The first-order chi connectivity index (χ1) is 17.6. The van der Waals surface area contributed by atoms with Crippen molar-refractivity contribution in [1.82, 2.24) is 10.2 Å². The van der Waals surface area contributed by atoms with E-state index in [1.807, 2.05) is 52.0 Å². The van der Waals surface area contributed by atoms with Crippen molar-refractivity contribution in [1.29, 1.82) is 0 Å². The number of carbonyl (C=O) groups is 2. The first-order valence-corrected chi connectivity index (χ1v) is 14.3. The van der Waals surface area contributed by atoms with E-state index in [4.69, 9.17) is 9.47 Å². The zero-order valence-electron chi connectivity index (χ0n) is 22.2. The molecule has 1 N–H and O–H groups in total. The van der Waals surface area contributed by atoms with Crippen LogP contribution in [-0.4, -0.2) is 56.3 Å². The molecule has 1 aliphatic heterocycles. The van der Waals surface area contributed by atoms with E-state index in [0.717, 1.165) is 21.9 Å². The molecule has 0 bridgehead atoms. The monoisotopic (exact) mass is 531 g/mol. The molecule has 2 amide bonds. The topological polar surface area (TPSA) is 105 Å². The molecular formula is C27H37N3O6S. The van der Waals surface area contributed by atoms with E-state index in [-0.39, 0.29) is 31.0 Å². The zero-order chi connectivity index (χ0) is 27.2. The van der Waals surface area contributed by atoms with Crippen LogP contribution < -0.4 is 19.1 Å². The standard InChI is InChI=1S/C27H37N3O6S/c1-6-20(5)28-27(32)23(7-2)29(16-21-11-9-10-19(4)14-21)26(31)17-30(37(33,34)8-3)22-12-13-24-25(15-22)36-18-35-24/h9-15,20,23H,6-8,16-18H2,1-5H3,(H,28,32)/t20-,23-/m0/s1. The van der Waals surface area contributed by atoms with Gasteiger partial charge in [0, 0.05) is 18.7 Å². The maximum atomic E-state index is 13.9. The molecule has 3 rings (SSSR count). The molecule has 1 aliphatic rings. The lowest BCUT2D eigenvalue weighted by molar-refractivity contribution is -0.140. The Morgan fingerprint density at radius 2 is 1.76 bits per heavy atom. The van der Waals surface area contributed by atoms with E-state index in [2.05, 4.69) is 5.32 Å². The highest BCUT2D eigenvalue weighted by Crippen LogP contribution is 2.36. The second-order valence-electron chi connectivity index (χ2n) is 9.20. The summed E-state index contributed by atoms with van der Waals surface area (Å²) in [7, 11) is -3.83. The van der Waals surface area contributed by atoms with Crippen LogP contribution in [0.15, 0.2) is 42.5 Å². The molecule has 0 spiro atoms. The van der Waals surface area contributed by atoms with Gasteiger partial charge in [-0.3, -0.25) is 13.9 Å². The van der Waals surface area contributed by atoms with E-state index >= 15 is 0 Å². The van der Waals surface area contributed by atoms with Gasteiger partial charge in [-0.1, -0.05) is 43.7 Å². The predicted molar refractivity (Wildman–Crippen MR) is 143 cm³/mol. The van der Waals surface area contributed by atoms with Gasteiger partial charge in [-0.15, -0.1) is 0 Å². The summed E-state index contributed by atoms with van der Waals surface area (Å²) in [5, 5.41) is 2.97. The van der Waals surface area contributed by atoms with Crippen LogP contribution in [0.4, 0.5) is 5.69 Å². The Bertz CT molecular complexity index is 1220. The molecule has 2 atom stereocenters. The predicted octanol–water partition coefficient (Wildman–Crippen LogP) is 3.60. The van der Waals surface area contributed by atoms with Crippen LogP contribution in [0.2, 0.25) is 0 Å². The quantitative estimate of drug-likeness (QED) is 0.449. The summed E-state index contributed by atoms with van der Waals surface area (Å²) in [4.78, 5) is 28.6. The summed E-state index contributed by atoms with van der Waals surface area (Å²) in [5.74, 6) is 0.00126. The Labute approximate surface area is 219 Å². The molecule has 0 fully saturated rings. The minimum Gasteiger partial charge on any atom is -0.454 e. The lowest BCUT2D eigenvalue weighted by Gasteiger charge is -2.33. The molecule has 0 saturated carbocycles. The molecule has 0 radical (unpaired) electrons. The van der Waals surface area contributed by atoms with Crippen molar-refractivity contribution in [2.75, 3.05) is 23.4 Å². The number of sulfonamides is 1. The number of rotatable bonds is 12. The summed E-state index contributed by atoms with van der Waals surface area (Å²) >= 11 is 0. The molecule has 202 valence electrons. The Hall–Kier alpha value is -3.27. The number of benzene rings is 2. The van der Waals surface area contributed by atoms with E-state index in [9.17, 15) is 18.0 Å². The lowest BCUT2D eigenvalue weighted by atomic mass is 10.1. The van der Waals surface area contributed by atoms with Crippen molar-refractivity contribution >= 4 is 27.5 Å². The number of carbonyl (C=O) groups excluding carboxylic acids is 2. The number of anilines is 1. The number of aryl methyl sites for hydroxylation is 1. The van der Waals surface area contributed by atoms with Crippen LogP contribution in [0, 0.1) is 6.92 Å². The summed E-state index contributed by atoms with van der Waals surface area (Å²) in [6.45, 7) is 8.98. The highest BCUT2D eigenvalue weighted by Gasteiger charge is 2.33. The molecule has 0 saturated heterocycles. The third-order valence-corrected chi connectivity index (χ3v) is 8.19. The number of nitrogens with zero attached hydrogens (tertiary/aromatic N) is 2. The van der Waals surface area contributed by atoms with E-state index in [1.165, 1.54) is 11.8 Å². The van der Waals surface area contributed by atoms with E-state index < -0.39 is 28.5 Å². The number of nitrogens with one attached hydrogen (secondary N) is 1. The van der Waals surface area contributed by atoms with Gasteiger partial charge >= 0.3 is 0 Å². The number of hydrogen-bond acceptors (Lipinski definition) is 6. The maximum Gasteiger partial charge on any atom is 0.244 e. The van der Waals surface area contributed by atoms with Gasteiger partial charge in [0.15, 0.2) is 11.5 Å². The fourth-order valence-electron chi connectivity index (χ4n) is 4.13. The van der Waals surface area contributed by atoms with Crippen molar-refractivity contribution in [2.24, 2.45) is 0 Å². The van der Waals surface area contributed by atoms with Crippen LogP contribution in [-0.2, 0) is 26.2 Å². The van der Waals surface area contributed by atoms with Gasteiger partial charge in [0.05, 0.1) is 11.4 Å². The van der Waals surface area contributed by atoms with Crippen LogP contribution >= 0.6 is 0 Å². The summed E-state index contributed by atoms with van der Waals surface area (Å²) in [6.07, 6.45) is 1.13. The van der Waals surface area contributed by atoms with Gasteiger partial charge in [-0.25, -0.2) is 8.42 Å². The average Bonchev–Trinajstić information content (AvgIpc) is 3.34. The molecule has 9 nitrogen and oxygen atoms in total. The van der Waals surface area contributed by atoms with Crippen LogP contribution in [0.1, 0.15) is 51.7 Å². The molecule has 1 heterocycles. The fraction of sp³-hybridized carbons (Fsp3) is 0.481. The molecule has 2 aromatic carbocycles. The normalized spacial score (nSPS) is 14.1. The third kappa shape index (κ3) is 6.94. The van der Waals surface area contributed by atoms with Crippen LogP contribution in [0.25, 0.3) is 0 Å². The Balaban J connectivity index is 1.97. The summed E-state index contributed by atoms with van der Waals surface area (Å²) in [6, 6.07) is 11.7. The SMILES string of the molecule is CC[C@H](C)NC(=O)[C@H](CC)N(Cc1cccc(C)c1)C(=O)CN(c1ccc2c(c1)OCO2)S(=O)(=O)CC. The molecule has 0 aliphatic carbocycles. The minimum atomic E-state index is -3.83. The summed E-state index contributed by atoms with van der Waals surface area (Å²) in [5.41, 5.74) is 2.18. The van der Waals surface area contributed by atoms with Crippen LogP contribution in [0.3, 0.4) is 0 Å². The summed E-state index contributed by atoms with van der Waals surface area (Å²) < 4.78 is 38.1. The number of amides is 2. The third-order valence-electron chi connectivity index (χ3n) is 6.45. The highest BCUT2D eigenvalue weighted by molar-refractivity contribution is 7.92. The molecule has 37 heavy (non-hydrogen) atoms. The van der Waals surface area contributed by atoms with Crippen molar-refractivity contribution in [2.45, 2.75) is 66.1 Å². The molecule has 2 aromatic rings. The largest absolute Gasteiger partial charge is 0.454 e. The van der Waals surface area contributed by atoms with Gasteiger partial charge in [0.25, 0.3) is 0 Å². The maximum absolute atomic E-state index is 13.9. The zero-order valence-corrected chi connectivity index (χ0v) is 23.0. The molecular weight excluding hydrogens is 494 g/mol. The first kappa shape index (κ1) is 28.3. The van der Waals surface area contributed by atoms with Crippen LogP contribution in [0.5, 0.6) is 11.5 Å². The minimum absolute atomic E-state index is 0.0476. The van der Waals surface area contributed by atoms with Crippen molar-refractivity contribution in [3.05, 3.63) is 53.6 Å². The number of hydrogen-bond donors (Lipinski definition) is 1. The van der Waals surface area contributed by atoms with Gasteiger partial charge < -0.3 is 19.7 Å². The van der Waals surface area contributed by atoms with Gasteiger partial charge in [-0.05, 0) is 51.3 Å². The van der Waals surface area contributed by atoms with Crippen molar-refractivity contribution < 1.29 is 27.5 Å². The second kappa shape index (κ2) is 12.3. The average molecular weight is 532 g/mol. The Morgan fingerprint density at radius 1 is 1.03 bits per heavy atom. The van der Waals surface area contributed by atoms with Crippen molar-refractivity contribution in [3.8, 4) is 11.5 Å². The fourth-order valence-corrected chi connectivity index (χ4v) is 5.18. The first-order valence-electron chi connectivity index (χ1n) is 12.6.